The van der Waals surface area contributed by atoms with E-state index >= 15 is 0 Å². The summed E-state index contributed by atoms with van der Waals surface area (Å²) in [7, 11) is 4.37. The summed E-state index contributed by atoms with van der Waals surface area (Å²) in [6, 6.07) is 7.45. The molecular weight excluding hydrogens is 326 g/mol. The van der Waals surface area contributed by atoms with Gasteiger partial charge in [0, 0.05) is 30.1 Å². The largest absolute Gasteiger partial charge is 0.369 e. The first-order valence-electron chi connectivity index (χ1n) is 8.02. The highest BCUT2D eigenvalue weighted by Gasteiger charge is 2.22. The Morgan fingerprint density at radius 2 is 2.19 bits per heavy atom. The molecule has 0 spiro atoms. The van der Waals surface area contributed by atoms with E-state index in [2.05, 4.69) is 70.3 Å². The van der Waals surface area contributed by atoms with Crippen LogP contribution in [-0.2, 0) is 6.54 Å². The third kappa shape index (κ3) is 4.70. The van der Waals surface area contributed by atoms with Gasteiger partial charge in [-0.1, -0.05) is 13.0 Å². The van der Waals surface area contributed by atoms with E-state index in [1.54, 1.807) is 0 Å². The standard InChI is InChI=1S/C17H28BrN3/c1-4-9-19-12-14-7-8-17(16(18)11-14)21-10-5-6-15(13-21)20(2)3/h7-8,11,15,19H,4-6,9-10,12-13H2,1-3H3. The third-order valence-corrected chi connectivity index (χ3v) is 4.87. The van der Waals surface area contributed by atoms with E-state index in [0.29, 0.717) is 6.04 Å². The molecule has 118 valence electrons. The van der Waals surface area contributed by atoms with Crippen LogP contribution in [0, 0.1) is 0 Å². The van der Waals surface area contributed by atoms with Crippen LogP contribution in [0.2, 0.25) is 0 Å². The minimum absolute atomic E-state index is 0.663. The van der Waals surface area contributed by atoms with Gasteiger partial charge in [-0.05, 0) is 73.5 Å². The second-order valence-electron chi connectivity index (χ2n) is 6.17. The minimum atomic E-state index is 0.663. The maximum atomic E-state index is 3.77. The van der Waals surface area contributed by atoms with E-state index in [1.807, 2.05) is 0 Å². The lowest BCUT2D eigenvalue weighted by molar-refractivity contribution is 0.258. The van der Waals surface area contributed by atoms with Gasteiger partial charge in [-0.2, -0.15) is 0 Å². The average molecular weight is 354 g/mol. The zero-order valence-corrected chi connectivity index (χ0v) is 15.1. The fourth-order valence-corrected chi connectivity index (χ4v) is 3.60. The van der Waals surface area contributed by atoms with Gasteiger partial charge in [-0.3, -0.25) is 0 Å². The Kier molecular flexibility index (Phi) is 6.52. The molecular formula is C17H28BrN3. The predicted molar refractivity (Wildman–Crippen MR) is 95.1 cm³/mol. The molecule has 2 rings (SSSR count). The number of rotatable bonds is 6. The molecule has 4 heteroatoms. The van der Waals surface area contributed by atoms with E-state index < -0.39 is 0 Å². The molecule has 1 fully saturated rings. The number of anilines is 1. The summed E-state index contributed by atoms with van der Waals surface area (Å²) in [5.74, 6) is 0. The molecule has 21 heavy (non-hydrogen) atoms. The molecule has 1 aliphatic rings. The Hall–Kier alpha value is -0.580. The van der Waals surface area contributed by atoms with Gasteiger partial charge in [0.05, 0.1) is 5.69 Å². The Bertz CT molecular complexity index is 448. The molecule has 1 unspecified atom stereocenters. The van der Waals surface area contributed by atoms with Gasteiger partial charge >= 0.3 is 0 Å². The molecule has 0 radical (unpaired) electrons. The van der Waals surface area contributed by atoms with Gasteiger partial charge in [0.2, 0.25) is 0 Å². The highest BCUT2D eigenvalue weighted by Crippen LogP contribution is 2.30. The quantitative estimate of drug-likeness (QED) is 0.789. The number of likely N-dealkylation sites (N-methyl/N-ethyl adjacent to an activating group) is 1. The van der Waals surface area contributed by atoms with Crippen molar-refractivity contribution in [1.82, 2.24) is 10.2 Å². The predicted octanol–water partition coefficient (Wildman–Crippen LogP) is 3.48. The van der Waals surface area contributed by atoms with Gasteiger partial charge < -0.3 is 15.1 Å². The highest BCUT2D eigenvalue weighted by atomic mass is 79.9. The van der Waals surface area contributed by atoms with Crippen molar-refractivity contribution in [1.29, 1.82) is 0 Å². The number of piperidine rings is 1. The van der Waals surface area contributed by atoms with Crippen LogP contribution in [0.5, 0.6) is 0 Å². The van der Waals surface area contributed by atoms with Crippen LogP contribution in [0.25, 0.3) is 0 Å². The van der Waals surface area contributed by atoms with Crippen molar-refractivity contribution in [3.63, 3.8) is 0 Å². The second-order valence-corrected chi connectivity index (χ2v) is 7.02. The van der Waals surface area contributed by atoms with Crippen molar-refractivity contribution in [3.8, 4) is 0 Å². The van der Waals surface area contributed by atoms with Crippen molar-refractivity contribution < 1.29 is 0 Å². The Morgan fingerprint density at radius 1 is 1.38 bits per heavy atom. The number of hydrogen-bond donors (Lipinski definition) is 1. The summed E-state index contributed by atoms with van der Waals surface area (Å²) >= 11 is 3.77. The van der Waals surface area contributed by atoms with E-state index in [-0.39, 0.29) is 0 Å². The van der Waals surface area contributed by atoms with Crippen LogP contribution in [0.1, 0.15) is 31.7 Å². The molecule has 1 aromatic carbocycles. The number of benzene rings is 1. The molecule has 0 amide bonds. The summed E-state index contributed by atoms with van der Waals surface area (Å²) in [6.45, 7) is 6.52. The molecule has 1 saturated heterocycles. The van der Waals surface area contributed by atoms with E-state index in [0.717, 1.165) is 26.2 Å². The third-order valence-electron chi connectivity index (χ3n) is 4.24. The fraction of sp³-hybridized carbons (Fsp3) is 0.647. The lowest BCUT2D eigenvalue weighted by Crippen LogP contribution is -2.45. The molecule has 1 atom stereocenters. The lowest BCUT2D eigenvalue weighted by atomic mass is 10.0. The second kappa shape index (κ2) is 8.16. The molecule has 0 bridgehead atoms. The number of hydrogen-bond acceptors (Lipinski definition) is 3. The zero-order chi connectivity index (χ0) is 15.2. The molecule has 1 aromatic rings. The average Bonchev–Trinajstić information content (AvgIpc) is 2.48. The number of nitrogens with zero attached hydrogens (tertiary/aromatic N) is 2. The van der Waals surface area contributed by atoms with E-state index in [4.69, 9.17) is 0 Å². The Labute approximate surface area is 137 Å². The van der Waals surface area contributed by atoms with Crippen LogP contribution in [0.15, 0.2) is 22.7 Å². The van der Waals surface area contributed by atoms with Gasteiger partial charge in [0.25, 0.3) is 0 Å². The van der Waals surface area contributed by atoms with Gasteiger partial charge in [0.1, 0.15) is 0 Å². The van der Waals surface area contributed by atoms with E-state index in [9.17, 15) is 0 Å². The van der Waals surface area contributed by atoms with Crippen molar-refractivity contribution in [2.24, 2.45) is 0 Å². The molecule has 0 saturated carbocycles. The molecule has 3 nitrogen and oxygen atoms in total. The Balaban J connectivity index is 2.02. The maximum absolute atomic E-state index is 3.77. The Morgan fingerprint density at radius 3 is 2.86 bits per heavy atom. The van der Waals surface area contributed by atoms with Crippen molar-refractivity contribution in [2.75, 3.05) is 38.6 Å². The summed E-state index contributed by atoms with van der Waals surface area (Å²) in [5, 5.41) is 3.46. The van der Waals surface area contributed by atoms with Crippen molar-refractivity contribution in [2.45, 2.75) is 38.8 Å². The first-order valence-corrected chi connectivity index (χ1v) is 8.81. The molecule has 1 N–H and O–H groups in total. The molecule has 0 aliphatic carbocycles. The molecule has 0 aromatic heterocycles. The first kappa shape index (κ1) is 16.8. The summed E-state index contributed by atoms with van der Waals surface area (Å²) in [4.78, 5) is 4.87. The zero-order valence-electron chi connectivity index (χ0n) is 13.5. The lowest BCUT2D eigenvalue weighted by Gasteiger charge is -2.38. The SMILES string of the molecule is CCCNCc1ccc(N2CCCC(N(C)C)C2)c(Br)c1. The van der Waals surface area contributed by atoms with Crippen LogP contribution < -0.4 is 10.2 Å². The van der Waals surface area contributed by atoms with Crippen molar-refractivity contribution in [3.05, 3.63) is 28.2 Å². The van der Waals surface area contributed by atoms with Gasteiger partial charge in [0.15, 0.2) is 0 Å². The number of nitrogens with one attached hydrogen (secondary N) is 1. The maximum Gasteiger partial charge on any atom is 0.0511 e. The van der Waals surface area contributed by atoms with Crippen molar-refractivity contribution >= 4 is 21.6 Å². The molecule has 1 aliphatic heterocycles. The van der Waals surface area contributed by atoms with E-state index in [1.165, 1.54) is 35.0 Å². The molecule has 1 heterocycles. The smallest absolute Gasteiger partial charge is 0.0511 e. The van der Waals surface area contributed by atoms with Gasteiger partial charge in [-0.15, -0.1) is 0 Å². The first-order chi connectivity index (χ1) is 10.1. The minimum Gasteiger partial charge on any atom is -0.369 e. The fourth-order valence-electron chi connectivity index (χ4n) is 2.92. The summed E-state index contributed by atoms with van der Waals surface area (Å²) in [6.07, 6.45) is 3.76. The topological polar surface area (TPSA) is 18.5 Å². The normalized spacial score (nSPS) is 19.3. The summed E-state index contributed by atoms with van der Waals surface area (Å²) < 4.78 is 1.22. The van der Waals surface area contributed by atoms with Crippen LogP contribution >= 0.6 is 15.9 Å². The van der Waals surface area contributed by atoms with Crippen LogP contribution in [0.3, 0.4) is 0 Å². The van der Waals surface area contributed by atoms with Crippen LogP contribution in [0.4, 0.5) is 5.69 Å². The van der Waals surface area contributed by atoms with Gasteiger partial charge in [-0.25, -0.2) is 0 Å². The monoisotopic (exact) mass is 353 g/mol. The highest BCUT2D eigenvalue weighted by molar-refractivity contribution is 9.10. The number of halogens is 1. The van der Waals surface area contributed by atoms with Crippen LogP contribution in [-0.4, -0.2) is 44.7 Å². The summed E-state index contributed by atoms with van der Waals surface area (Å²) in [5.41, 5.74) is 2.68.